The number of rotatable bonds is 6. The molecule has 2 nitrogen and oxygen atoms in total. The third kappa shape index (κ3) is 6.33. The molecule has 0 aliphatic carbocycles. The first-order valence-electron chi connectivity index (χ1n) is 11.6. The van der Waals surface area contributed by atoms with Crippen molar-refractivity contribution in [1.82, 2.24) is 4.90 Å². The molecule has 31 heavy (non-hydrogen) atoms. The Morgan fingerprint density at radius 3 is 1.97 bits per heavy atom. The fraction of sp³-hybridized carbons (Fsp3) is 0.571. The first-order valence-corrected chi connectivity index (χ1v) is 12.6. The highest BCUT2D eigenvalue weighted by Crippen LogP contribution is 2.37. The van der Waals surface area contributed by atoms with E-state index in [1.165, 1.54) is 22.0 Å². The van der Waals surface area contributed by atoms with Crippen LogP contribution in [0.5, 0.6) is 5.75 Å². The van der Waals surface area contributed by atoms with Gasteiger partial charge in [0, 0.05) is 29.5 Å². The van der Waals surface area contributed by atoms with E-state index in [0.717, 1.165) is 17.4 Å². The van der Waals surface area contributed by atoms with Crippen LogP contribution in [0.3, 0.4) is 0 Å². The van der Waals surface area contributed by atoms with Gasteiger partial charge < -0.3 is 5.11 Å². The van der Waals surface area contributed by atoms with Crippen molar-refractivity contribution in [2.45, 2.75) is 106 Å². The highest BCUT2D eigenvalue weighted by atomic mass is 31.1. The third-order valence-electron chi connectivity index (χ3n) is 6.08. The van der Waals surface area contributed by atoms with Gasteiger partial charge in [0.25, 0.3) is 0 Å². The van der Waals surface area contributed by atoms with Crippen LogP contribution in [0, 0.1) is 6.92 Å². The molecule has 1 atom stereocenters. The van der Waals surface area contributed by atoms with Crippen molar-refractivity contribution >= 4 is 19.2 Å². The first kappa shape index (κ1) is 25.9. The number of nitrogens with zero attached hydrogens (tertiary/aromatic N) is 1. The molecule has 0 heterocycles. The smallest absolute Gasteiger partial charge is 0.127 e. The highest BCUT2D eigenvalue weighted by Gasteiger charge is 2.26. The van der Waals surface area contributed by atoms with Crippen molar-refractivity contribution in [3.63, 3.8) is 0 Å². The second-order valence-corrected chi connectivity index (χ2v) is 12.8. The average molecular weight is 442 g/mol. The van der Waals surface area contributed by atoms with Crippen LogP contribution in [0.4, 0.5) is 0 Å². The Bertz CT molecular complexity index is 892. The summed E-state index contributed by atoms with van der Waals surface area (Å²) in [7, 11) is 0.434. The van der Waals surface area contributed by atoms with E-state index < -0.39 is 0 Å². The molecule has 3 heteroatoms. The number of aryl methyl sites for hydroxylation is 1. The second-order valence-electron chi connectivity index (χ2n) is 11.5. The van der Waals surface area contributed by atoms with Crippen LogP contribution in [-0.2, 0) is 17.4 Å². The van der Waals surface area contributed by atoms with Gasteiger partial charge in [-0.15, -0.1) is 0 Å². The van der Waals surface area contributed by atoms with E-state index in [2.05, 4.69) is 111 Å². The minimum Gasteiger partial charge on any atom is -0.507 e. The van der Waals surface area contributed by atoms with E-state index in [1.54, 1.807) is 0 Å². The molecule has 0 aromatic heterocycles. The quantitative estimate of drug-likeness (QED) is 0.514. The molecule has 0 bridgehead atoms. The number of phenols is 1. The maximum Gasteiger partial charge on any atom is 0.127 e. The molecule has 2 rings (SSSR count). The SMILES string of the molecule is Cc1cccc(CN(C(C)C)C(C)C)c1Pc1cc(C(C)(C)C)cc(C(C)(C)C)c1O. The van der Waals surface area contributed by atoms with Crippen molar-refractivity contribution < 1.29 is 5.11 Å². The van der Waals surface area contributed by atoms with E-state index in [-0.39, 0.29) is 10.8 Å². The van der Waals surface area contributed by atoms with Gasteiger partial charge in [-0.3, -0.25) is 4.90 Å². The Hall–Kier alpha value is -1.37. The monoisotopic (exact) mass is 441 g/mol. The van der Waals surface area contributed by atoms with Crippen LogP contribution < -0.4 is 10.6 Å². The predicted octanol–water partition coefficient (Wildman–Crippen LogP) is 6.54. The van der Waals surface area contributed by atoms with E-state index in [4.69, 9.17) is 0 Å². The molecule has 0 aliphatic rings. The zero-order valence-electron chi connectivity index (χ0n) is 21.6. The molecule has 2 aromatic carbocycles. The Balaban J connectivity index is 2.61. The molecule has 1 N–H and O–H groups in total. The largest absolute Gasteiger partial charge is 0.507 e. The maximum atomic E-state index is 11.3. The van der Waals surface area contributed by atoms with Crippen molar-refractivity contribution in [2.24, 2.45) is 0 Å². The highest BCUT2D eigenvalue weighted by molar-refractivity contribution is 7.56. The zero-order valence-corrected chi connectivity index (χ0v) is 22.6. The lowest BCUT2D eigenvalue weighted by molar-refractivity contribution is 0.166. The Morgan fingerprint density at radius 2 is 1.48 bits per heavy atom. The summed E-state index contributed by atoms with van der Waals surface area (Å²) < 4.78 is 0. The summed E-state index contributed by atoms with van der Waals surface area (Å²) in [5.41, 5.74) is 4.95. The van der Waals surface area contributed by atoms with Gasteiger partial charge in [0.1, 0.15) is 5.75 Å². The topological polar surface area (TPSA) is 23.5 Å². The molecular formula is C28H44NOP. The summed E-state index contributed by atoms with van der Waals surface area (Å²) in [6.07, 6.45) is 0. The average Bonchev–Trinajstić information content (AvgIpc) is 2.60. The standard InChI is InChI=1S/C28H44NOP/c1-18(2)29(19(3)4)17-21-14-12-13-20(5)26(21)31-24-16-22(27(6,7)8)15-23(25(24)30)28(9,10)11/h12-16,18-19,30-31H,17H2,1-11H3. The first-order chi connectivity index (χ1) is 14.1. The van der Waals surface area contributed by atoms with Gasteiger partial charge >= 0.3 is 0 Å². The zero-order chi connectivity index (χ0) is 23.7. The van der Waals surface area contributed by atoms with Gasteiger partial charge in [0.05, 0.1) is 0 Å². The second kappa shape index (κ2) is 9.63. The summed E-state index contributed by atoms with van der Waals surface area (Å²) in [5, 5.41) is 13.7. The van der Waals surface area contributed by atoms with Gasteiger partial charge in [-0.2, -0.15) is 0 Å². The molecule has 0 fully saturated rings. The molecule has 0 saturated carbocycles. The van der Waals surface area contributed by atoms with Crippen molar-refractivity contribution in [3.8, 4) is 5.75 Å². The Kier molecular flexibility index (Phi) is 8.05. The molecule has 0 saturated heterocycles. The van der Waals surface area contributed by atoms with E-state index in [9.17, 15) is 5.11 Å². The molecule has 1 unspecified atom stereocenters. The summed E-state index contributed by atoms with van der Waals surface area (Å²) in [6, 6.07) is 12.1. The number of aromatic hydroxyl groups is 1. The fourth-order valence-corrected chi connectivity index (χ4v) is 5.42. The molecule has 0 spiro atoms. The van der Waals surface area contributed by atoms with Crippen LogP contribution >= 0.6 is 8.58 Å². The van der Waals surface area contributed by atoms with Gasteiger partial charge in [-0.1, -0.05) is 74.4 Å². The lowest BCUT2D eigenvalue weighted by Crippen LogP contribution is -2.37. The number of hydrogen-bond acceptors (Lipinski definition) is 2. The lowest BCUT2D eigenvalue weighted by Gasteiger charge is -2.32. The molecule has 0 radical (unpaired) electrons. The normalized spacial score (nSPS) is 13.4. The fourth-order valence-electron chi connectivity index (χ4n) is 4.07. The van der Waals surface area contributed by atoms with Crippen LogP contribution in [0.2, 0.25) is 0 Å². The summed E-state index contributed by atoms with van der Waals surface area (Å²) in [6.45, 7) is 25.5. The molecule has 0 aliphatic heterocycles. The van der Waals surface area contributed by atoms with E-state index in [1.807, 2.05) is 0 Å². The predicted molar refractivity (Wildman–Crippen MR) is 140 cm³/mol. The summed E-state index contributed by atoms with van der Waals surface area (Å²) in [5.74, 6) is 0.470. The van der Waals surface area contributed by atoms with Crippen LogP contribution in [0.15, 0.2) is 30.3 Å². The molecule has 172 valence electrons. The Morgan fingerprint density at radius 1 is 0.903 bits per heavy atom. The van der Waals surface area contributed by atoms with Crippen molar-refractivity contribution in [2.75, 3.05) is 0 Å². The Labute approximate surface area is 193 Å². The number of benzene rings is 2. The minimum absolute atomic E-state index is 0.0353. The van der Waals surface area contributed by atoms with Crippen LogP contribution in [0.25, 0.3) is 0 Å². The molecule has 0 amide bonds. The number of phenolic OH excluding ortho intramolecular Hbond substituents is 1. The molecular weight excluding hydrogens is 397 g/mol. The van der Waals surface area contributed by atoms with E-state index in [0.29, 0.717) is 26.4 Å². The third-order valence-corrected chi connectivity index (χ3v) is 7.70. The van der Waals surface area contributed by atoms with Gasteiger partial charge in [-0.05, 0) is 73.5 Å². The summed E-state index contributed by atoms with van der Waals surface area (Å²) in [4.78, 5) is 2.54. The van der Waals surface area contributed by atoms with E-state index >= 15 is 0 Å². The van der Waals surface area contributed by atoms with Crippen LogP contribution in [0.1, 0.15) is 91.5 Å². The van der Waals surface area contributed by atoms with Gasteiger partial charge in [0.15, 0.2) is 0 Å². The lowest BCUT2D eigenvalue weighted by atomic mass is 9.80. The number of hydrogen-bond donors (Lipinski definition) is 1. The summed E-state index contributed by atoms with van der Waals surface area (Å²) >= 11 is 0. The van der Waals surface area contributed by atoms with Crippen molar-refractivity contribution in [1.29, 1.82) is 0 Å². The molecule has 2 aromatic rings. The minimum atomic E-state index is -0.106. The van der Waals surface area contributed by atoms with Gasteiger partial charge in [0.2, 0.25) is 0 Å². The van der Waals surface area contributed by atoms with Crippen LogP contribution in [-0.4, -0.2) is 22.1 Å². The van der Waals surface area contributed by atoms with Crippen molar-refractivity contribution in [3.05, 3.63) is 52.6 Å². The maximum absolute atomic E-state index is 11.3. The van der Waals surface area contributed by atoms with Gasteiger partial charge in [-0.25, -0.2) is 0 Å².